The molecule has 1 aromatic heterocycles. The first kappa shape index (κ1) is 12.2. The zero-order chi connectivity index (χ0) is 11.1. The van der Waals surface area contributed by atoms with E-state index in [0.717, 1.165) is 18.9 Å². The quantitative estimate of drug-likeness (QED) is 0.774. The van der Waals surface area contributed by atoms with E-state index in [9.17, 15) is 0 Å². The molecule has 0 aliphatic heterocycles. The van der Waals surface area contributed by atoms with Crippen molar-refractivity contribution >= 4 is 0 Å². The normalized spacial score (nSPS) is 13.1. The van der Waals surface area contributed by atoms with Gasteiger partial charge in [-0.2, -0.15) is 0 Å². The van der Waals surface area contributed by atoms with Crippen LogP contribution in [0.4, 0.5) is 0 Å². The van der Waals surface area contributed by atoms with Crippen LogP contribution in [0.3, 0.4) is 0 Å². The second-order valence-electron chi connectivity index (χ2n) is 4.44. The fourth-order valence-electron chi connectivity index (χ4n) is 1.90. The van der Waals surface area contributed by atoms with Crippen molar-refractivity contribution in [2.75, 3.05) is 6.54 Å². The van der Waals surface area contributed by atoms with Gasteiger partial charge in [0.15, 0.2) is 0 Å². The van der Waals surface area contributed by atoms with Gasteiger partial charge in [0.1, 0.15) is 0 Å². The van der Waals surface area contributed by atoms with Crippen LogP contribution in [0, 0.1) is 5.92 Å². The largest absolute Gasteiger partial charge is 0.314 e. The van der Waals surface area contributed by atoms with Crippen LogP contribution in [0.15, 0.2) is 24.5 Å². The highest BCUT2D eigenvalue weighted by Gasteiger charge is 2.09. The number of nitrogens with zero attached hydrogens (tertiary/aromatic N) is 1. The van der Waals surface area contributed by atoms with Crippen LogP contribution in [0.25, 0.3) is 0 Å². The Hall–Kier alpha value is -0.890. The maximum atomic E-state index is 4.04. The van der Waals surface area contributed by atoms with Crippen LogP contribution < -0.4 is 5.32 Å². The number of aromatic nitrogens is 1. The summed E-state index contributed by atoms with van der Waals surface area (Å²) in [5.74, 6) is 0.746. The zero-order valence-electron chi connectivity index (χ0n) is 10.0. The summed E-state index contributed by atoms with van der Waals surface area (Å²) in [6.07, 6.45) is 6.08. The lowest BCUT2D eigenvalue weighted by Crippen LogP contribution is -2.32. The first-order valence-corrected chi connectivity index (χ1v) is 5.84. The van der Waals surface area contributed by atoms with E-state index in [-0.39, 0.29) is 0 Å². The molecular formula is C13H22N2. The summed E-state index contributed by atoms with van der Waals surface area (Å²) in [4.78, 5) is 4.04. The van der Waals surface area contributed by atoms with E-state index in [1.54, 1.807) is 0 Å². The van der Waals surface area contributed by atoms with Gasteiger partial charge in [-0.1, -0.05) is 20.8 Å². The molecule has 1 rings (SSSR count). The smallest absolute Gasteiger partial charge is 0.0270 e. The minimum Gasteiger partial charge on any atom is -0.314 e. The highest BCUT2D eigenvalue weighted by molar-refractivity contribution is 5.11. The van der Waals surface area contributed by atoms with Gasteiger partial charge in [0.05, 0.1) is 0 Å². The molecule has 0 bridgehead atoms. The molecule has 1 atom stereocenters. The Morgan fingerprint density at radius 3 is 2.47 bits per heavy atom. The lowest BCUT2D eigenvalue weighted by atomic mass is 9.98. The second kappa shape index (κ2) is 6.57. The van der Waals surface area contributed by atoms with Gasteiger partial charge in [0.2, 0.25) is 0 Å². The van der Waals surface area contributed by atoms with Gasteiger partial charge in [0.25, 0.3) is 0 Å². The van der Waals surface area contributed by atoms with Crippen molar-refractivity contribution in [1.82, 2.24) is 10.3 Å². The van der Waals surface area contributed by atoms with Crippen molar-refractivity contribution in [2.24, 2.45) is 5.92 Å². The number of hydrogen-bond acceptors (Lipinski definition) is 2. The minimum atomic E-state index is 0.595. The molecule has 0 spiro atoms. The first-order valence-electron chi connectivity index (χ1n) is 5.84. The average molecular weight is 206 g/mol. The average Bonchev–Trinajstić information content (AvgIpc) is 2.18. The van der Waals surface area contributed by atoms with Crippen LogP contribution in [0.1, 0.15) is 32.8 Å². The fraction of sp³-hybridized carbons (Fsp3) is 0.615. The first-order chi connectivity index (χ1) is 7.22. The second-order valence-corrected chi connectivity index (χ2v) is 4.44. The van der Waals surface area contributed by atoms with Crippen molar-refractivity contribution < 1.29 is 0 Å². The molecular weight excluding hydrogens is 184 g/mol. The van der Waals surface area contributed by atoms with Crippen LogP contribution in [0.2, 0.25) is 0 Å². The summed E-state index contributed by atoms with van der Waals surface area (Å²) < 4.78 is 0. The van der Waals surface area contributed by atoms with Gasteiger partial charge in [-0.15, -0.1) is 0 Å². The van der Waals surface area contributed by atoms with Crippen molar-refractivity contribution in [3.8, 4) is 0 Å². The predicted molar refractivity (Wildman–Crippen MR) is 64.9 cm³/mol. The molecule has 0 aliphatic rings. The number of nitrogens with one attached hydrogen (secondary N) is 1. The molecule has 1 aromatic rings. The molecule has 0 saturated heterocycles. The number of hydrogen-bond donors (Lipinski definition) is 1. The van der Waals surface area contributed by atoms with E-state index in [4.69, 9.17) is 0 Å². The fourth-order valence-corrected chi connectivity index (χ4v) is 1.90. The van der Waals surface area contributed by atoms with Gasteiger partial charge in [0, 0.05) is 18.4 Å². The van der Waals surface area contributed by atoms with E-state index in [1.807, 2.05) is 12.4 Å². The Labute approximate surface area is 93.1 Å². The number of likely N-dealkylation sites (N-methyl/N-ethyl adjacent to an activating group) is 1. The monoisotopic (exact) mass is 206 g/mol. The van der Waals surface area contributed by atoms with Crippen LogP contribution in [0.5, 0.6) is 0 Å². The standard InChI is InChI=1S/C13H22N2/c1-4-15-13(9-11(2)3)10-12-5-7-14-8-6-12/h5-8,11,13,15H,4,9-10H2,1-3H3. The Balaban J connectivity index is 2.50. The Morgan fingerprint density at radius 2 is 1.93 bits per heavy atom. The molecule has 1 N–H and O–H groups in total. The molecule has 0 aliphatic carbocycles. The predicted octanol–water partition coefficient (Wildman–Crippen LogP) is 2.65. The molecule has 0 aromatic carbocycles. The van der Waals surface area contributed by atoms with Crippen molar-refractivity contribution in [3.05, 3.63) is 30.1 Å². The van der Waals surface area contributed by atoms with E-state index < -0.39 is 0 Å². The topological polar surface area (TPSA) is 24.9 Å². The van der Waals surface area contributed by atoms with Crippen LogP contribution in [-0.2, 0) is 6.42 Å². The highest BCUT2D eigenvalue weighted by atomic mass is 14.9. The van der Waals surface area contributed by atoms with E-state index in [1.165, 1.54) is 12.0 Å². The molecule has 0 fully saturated rings. The van der Waals surface area contributed by atoms with Crippen molar-refractivity contribution in [1.29, 1.82) is 0 Å². The molecule has 84 valence electrons. The Kier molecular flexibility index (Phi) is 5.33. The third kappa shape index (κ3) is 4.93. The molecule has 2 heteroatoms. The third-order valence-electron chi connectivity index (χ3n) is 2.48. The SMILES string of the molecule is CCNC(Cc1ccncc1)CC(C)C. The van der Waals surface area contributed by atoms with E-state index in [2.05, 4.69) is 43.2 Å². The van der Waals surface area contributed by atoms with Crippen LogP contribution >= 0.6 is 0 Å². The van der Waals surface area contributed by atoms with Crippen LogP contribution in [-0.4, -0.2) is 17.6 Å². The van der Waals surface area contributed by atoms with E-state index in [0.29, 0.717) is 6.04 Å². The minimum absolute atomic E-state index is 0.595. The summed E-state index contributed by atoms with van der Waals surface area (Å²) in [7, 11) is 0. The summed E-state index contributed by atoms with van der Waals surface area (Å²) >= 11 is 0. The molecule has 2 nitrogen and oxygen atoms in total. The molecule has 0 radical (unpaired) electrons. The Bertz CT molecular complexity index is 256. The Morgan fingerprint density at radius 1 is 1.27 bits per heavy atom. The molecule has 0 amide bonds. The van der Waals surface area contributed by atoms with Gasteiger partial charge < -0.3 is 5.32 Å². The maximum absolute atomic E-state index is 4.04. The summed E-state index contributed by atoms with van der Waals surface area (Å²) in [6.45, 7) is 7.76. The zero-order valence-corrected chi connectivity index (χ0v) is 10.0. The van der Waals surface area contributed by atoms with Gasteiger partial charge in [-0.3, -0.25) is 4.98 Å². The molecule has 1 heterocycles. The molecule has 1 unspecified atom stereocenters. The summed E-state index contributed by atoms with van der Waals surface area (Å²) in [5.41, 5.74) is 1.37. The number of pyridine rings is 1. The number of rotatable bonds is 6. The van der Waals surface area contributed by atoms with Gasteiger partial charge >= 0.3 is 0 Å². The van der Waals surface area contributed by atoms with E-state index >= 15 is 0 Å². The van der Waals surface area contributed by atoms with Crippen molar-refractivity contribution in [2.45, 2.75) is 39.7 Å². The maximum Gasteiger partial charge on any atom is 0.0270 e. The summed E-state index contributed by atoms with van der Waals surface area (Å²) in [6, 6.07) is 4.80. The van der Waals surface area contributed by atoms with Gasteiger partial charge in [-0.25, -0.2) is 0 Å². The third-order valence-corrected chi connectivity index (χ3v) is 2.48. The lowest BCUT2D eigenvalue weighted by molar-refractivity contribution is 0.424. The lowest BCUT2D eigenvalue weighted by Gasteiger charge is -2.19. The van der Waals surface area contributed by atoms with Gasteiger partial charge in [-0.05, 0) is 43.0 Å². The summed E-state index contributed by atoms with van der Waals surface area (Å²) in [5, 5.41) is 3.54. The molecule has 0 saturated carbocycles. The van der Waals surface area contributed by atoms with Crippen molar-refractivity contribution in [3.63, 3.8) is 0 Å². The highest BCUT2D eigenvalue weighted by Crippen LogP contribution is 2.10. The molecule has 15 heavy (non-hydrogen) atoms.